The lowest BCUT2D eigenvalue weighted by atomic mass is 10.0. The molecule has 2 aromatic heterocycles. The number of rotatable bonds is 8. The molecule has 9 nitrogen and oxygen atoms in total. The first kappa shape index (κ1) is 20.7. The molecular formula is C24H21N7O2. The first-order chi connectivity index (χ1) is 16.2. The van der Waals surface area contributed by atoms with Gasteiger partial charge in [0.2, 0.25) is 11.3 Å². The molecule has 0 amide bonds. The summed E-state index contributed by atoms with van der Waals surface area (Å²) in [6.45, 7) is 2.77. The minimum atomic E-state index is 0.0302. The minimum Gasteiger partial charge on any atom is -0.304 e. The lowest BCUT2D eigenvalue weighted by Gasteiger charge is -2.13. The van der Waals surface area contributed by atoms with E-state index in [0.717, 1.165) is 22.4 Å². The van der Waals surface area contributed by atoms with Gasteiger partial charge in [0.05, 0.1) is 18.0 Å². The Morgan fingerprint density at radius 1 is 1.00 bits per heavy atom. The Kier molecular flexibility index (Phi) is 5.69. The summed E-state index contributed by atoms with van der Waals surface area (Å²) >= 11 is 0. The van der Waals surface area contributed by atoms with Gasteiger partial charge in [0, 0.05) is 18.5 Å². The Morgan fingerprint density at radius 3 is 2.52 bits per heavy atom. The molecule has 1 aliphatic rings. The lowest BCUT2D eigenvalue weighted by Crippen LogP contribution is -2.27. The maximum absolute atomic E-state index is 11.5. The second-order valence-corrected chi connectivity index (χ2v) is 7.62. The number of hydrazine groups is 1. The maximum atomic E-state index is 11.5. The number of benzene rings is 2. The zero-order valence-electron chi connectivity index (χ0n) is 17.9. The summed E-state index contributed by atoms with van der Waals surface area (Å²) in [7, 11) is 0. The molecule has 0 unspecified atom stereocenters. The SMILES string of the molecule is CC(=O)c1ccc(Cc2nc3nonc3nc2NNCC2=CCN=C2c2ccccc2)cc1. The number of aliphatic imine (C=N–C) groups is 1. The number of aromatic nitrogens is 4. The minimum absolute atomic E-state index is 0.0302. The number of hydrogen-bond acceptors (Lipinski definition) is 9. The van der Waals surface area contributed by atoms with Gasteiger partial charge < -0.3 is 5.43 Å². The van der Waals surface area contributed by atoms with Gasteiger partial charge >= 0.3 is 0 Å². The molecule has 9 heteroatoms. The summed E-state index contributed by atoms with van der Waals surface area (Å²) in [5.41, 5.74) is 12.6. The highest BCUT2D eigenvalue weighted by Crippen LogP contribution is 2.19. The predicted octanol–water partition coefficient (Wildman–Crippen LogP) is 3.15. The van der Waals surface area contributed by atoms with Crippen molar-refractivity contribution in [3.05, 3.63) is 88.6 Å². The average Bonchev–Trinajstić information content (AvgIpc) is 3.49. The van der Waals surface area contributed by atoms with Crippen LogP contribution in [0.1, 0.15) is 34.1 Å². The number of hydrogen-bond donors (Lipinski definition) is 2. The highest BCUT2D eigenvalue weighted by atomic mass is 16.6. The topological polar surface area (TPSA) is 118 Å². The van der Waals surface area contributed by atoms with E-state index in [4.69, 9.17) is 4.63 Å². The van der Waals surface area contributed by atoms with Crippen molar-refractivity contribution in [3.63, 3.8) is 0 Å². The normalized spacial score (nSPS) is 13.1. The van der Waals surface area contributed by atoms with E-state index in [1.807, 2.05) is 42.5 Å². The van der Waals surface area contributed by atoms with Crippen LogP contribution in [-0.4, -0.2) is 44.9 Å². The third-order valence-corrected chi connectivity index (χ3v) is 5.34. The molecular weight excluding hydrogens is 418 g/mol. The van der Waals surface area contributed by atoms with Crippen molar-refractivity contribution >= 4 is 28.6 Å². The van der Waals surface area contributed by atoms with Crippen LogP contribution in [0.25, 0.3) is 11.3 Å². The zero-order chi connectivity index (χ0) is 22.6. The fraction of sp³-hybridized carbons (Fsp3) is 0.167. The summed E-state index contributed by atoms with van der Waals surface area (Å²) in [5.74, 6) is 0.563. The van der Waals surface area contributed by atoms with E-state index in [0.29, 0.717) is 47.9 Å². The van der Waals surface area contributed by atoms with Crippen LogP contribution in [0.15, 0.2) is 75.9 Å². The predicted molar refractivity (Wildman–Crippen MR) is 124 cm³/mol. The molecule has 0 spiro atoms. The average molecular weight is 439 g/mol. The summed E-state index contributed by atoms with van der Waals surface area (Å²) in [4.78, 5) is 25.2. The number of anilines is 1. The molecule has 164 valence electrons. The van der Waals surface area contributed by atoms with Crippen LogP contribution in [0.5, 0.6) is 0 Å². The Morgan fingerprint density at radius 2 is 1.76 bits per heavy atom. The van der Waals surface area contributed by atoms with Crippen LogP contribution >= 0.6 is 0 Å². The number of ketones is 1. The molecule has 0 radical (unpaired) electrons. The van der Waals surface area contributed by atoms with Crippen LogP contribution in [0.3, 0.4) is 0 Å². The molecule has 0 fully saturated rings. The van der Waals surface area contributed by atoms with E-state index >= 15 is 0 Å². The first-order valence-electron chi connectivity index (χ1n) is 10.5. The third kappa shape index (κ3) is 4.53. The molecule has 2 aromatic carbocycles. The van der Waals surface area contributed by atoms with Crippen LogP contribution in [0.4, 0.5) is 5.82 Å². The smallest absolute Gasteiger partial charge is 0.245 e. The molecule has 0 bridgehead atoms. The van der Waals surface area contributed by atoms with E-state index in [-0.39, 0.29) is 5.78 Å². The fourth-order valence-corrected chi connectivity index (χ4v) is 3.64. The third-order valence-electron chi connectivity index (χ3n) is 5.34. The van der Waals surface area contributed by atoms with Gasteiger partial charge in [-0.15, -0.1) is 0 Å². The lowest BCUT2D eigenvalue weighted by molar-refractivity contribution is 0.101. The number of Topliss-reactive ketones (excluding diaryl/α,β-unsaturated/α-hetero) is 1. The molecule has 4 aromatic rings. The van der Waals surface area contributed by atoms with Gasteiger partial charge in [0.25, 0.3) is 0 Å². The Labute approximate surface area is 189 Å². The van der Waals surface area contributed by atoms with Crippen LogP contribution in [-0.2, 0) is 6.42 Å². The number of carbonyl (C=O) groups excluding carboxylic acids is 1. The second-order valence-electron chi connectivity index (χ2n) is 7.62. The monoisotopic (exact) mass is 439 g/mol. The molecule has 2 N–H and O–H groups in total. The molecule has 5 rings (SSSR count). The first-order valence-corrected chi connectivity index (χ1v) is 10.5. The van der Waals surface area contributed by atoms with E-state index < -0.39 is 0 Å². The van der Waals surface area contributed by atoms with E-state index in [1.54, 1.807) is 6.92 Å². The number of fused-ring (bicyclic) bond motifs is 1. The highest BCUT2D eigenvalue weighted by molar-refractivity contribution is 6.14. The summed E-state index contributed by atoms with van der Waals surface area (Å²) < 4.78 is 4.78. The van der Waals surface area contributed by atoms with Gasteiger partial charge in [0.15, 0.2) is 11.6 Å². The molecule has 1 aliphatic heterocycles. The molecule has 0 saturated heterocycles. The number of nitrogens with zero attached hydrogens (tertiary/aromatic N) is 5. The van der Waals surface area contributed by atoms with Gasteiger partial charge in [-0.25, -0.2) is 20.0 Å². The van der Waals surface area contributed by atoms with Gasteiger partial charge in [-0.1, -0.05) is 60.7 Å². The van der Waals surface area contributed by atoms with Crippen molar-refractivity contribution in [1.29, 1.82) is 0 Å². The molecule has 0 aliphatic carbocycles. The Bertz CT molecular complexity index is 1360. The number of carbonyl (C=O) groups is 1. The molecule has 3 heterocycles. The largest absolute Gasteiger partial charge is 0.304 e. The maximum Gasteiger partial charge on any atom is 0.245 e. The van der Waals surface area contributed by atoms with Crippen molar-refractivity contribution in [2.75, 3.05) is 18.5 Å². The summed E-state index contributed by atoms with van der Waals surface area (Å²) in [5, 5.41) is 7.61. The standard InChI is InChI=1S/C24H21N7O2/c1-15(32)17-9-7-16(8-10-17)13-20-22(28-24-23(27-20)30-33-31-24)29-26-14-19-11-12-25-21(19)18-5-3-2-4-6-18/h2-11,26H,12-14H2,1H3,(H,28,29,31). The van der Waals surface area contributed by atoms with E-state index in [2.05, 4.69) is 54.3 Å². The van der Waals surface area contributed by atoms with Gasteiger partial charge in [-0.2, -0.15) is 0 Å². The molecule has 33 heavy (non-hydrogen) atoms. The number of nitrogens with one attached hydrogen (secondary N) is 2. The van der Waals surface area contributed by atoms with Gasteiger partial charge in [-0.05, 0) is 33.9 Å². The zero-order valence-corrected chi connectivity index (χ0v) is 17.9. The van der Waals surface area contributed by atoms with Crippen LogP contribution < -0.4 is 10.9 Å². The van der Waals surface area contributed by atoms with Crippen LogP contribution in [0.2, 0.25) is 0 Å². The molecule has 0 saturated carbocycles. The fourth-order valence-electron chi connectivity index (χ4n) is 3.64. The van der Waals surface area contributed by atoms with Crippen molar-refractivity contribution in [3.8, 4) is 0 Å². The Balaban J connectivity index is 1.32. The Hall–Kier alpha value is -4.24. The molecule has 0 atom stereocenters. The van der Waals surface area contributed by atoms with Crippen molar-refractivity contribution in [1.82, 2.24) is 25.7 Å². The van der Waals surface area contributed by atoms with Gasteiger partial charge in [0.1, 0.15) is 0 Å². The van der Waals surface area contributed by atoms with Crippen LogP contribution in [0, 0.1) is 0 Å². The van der Waals surface area contributed by atoms with Crippen molar-refractivity contribution < 1.29 is 9.42 Å². The quantitative estimate of drug-likeness (QED) is 0.318. The highest BCUT2D eigenvalue weighted by Gasteiger charge is 2.16. The second kappa shape index (κ2) is 9.09. The van der Waals surface area contributed by atoms with Gasteiger partial charge in [-0.3, -0.25) is 9.79 Å². The summed E-state index contributed by atoms with van der Waals surface area (Å²) in [6.07, 6.45) is 2.60. The van der Waals surface area contributed by atoms with Crippen molar-refractivity contribution in [2.24, 2.45) is 4.99 Å². The van der Waals surface area contributed by atoms with E-state index in [1.165, 1.54) is 0 Å². The van der Waals surface area contributed by atoms with E-state index in [9.17, 15) is 4.79 Å². The summed E-state index contributed by atoms with van der Waals surface area (Å²) in [6, 6.07) is 17.5. The van der Waals surface area contributed by atoms with Crippen molar-refractivity contribution in [2.45, 2.75) is 13.3 Å².